The Morgan fingerprint density at radius 1 is 0.700 bits per heavy atom. The van der Waals surface area contributed by atoms with Crippen LogP contribution in [-0.2, 0) is 33.3 Å². The predicted molar refractivity (Wildman–Crippen MR) is 122 cm³/mol. The van der Waals surface area contributed by atoms with Gasteiger partial charge in [0.25, 0.3) is 0 Å². The zero-order valence-corrected chi connectivity index (χ0v) is 20.3. The Morgan fingerprint density at radius 3 is 1.47 bits per heavy atom. The molecule has 0 aliphatic heterocycles. The molecule has 0 amide bonds. The number of thiol groups is 3. The second-order valence-corrected chi connectivity index (χ2v) is 9.06. The summed E-state index contributed by atoms with van der Waals surface area (Å²) in [5, 5.41) is 9.96. The van der Waals surface area contributed by atoms with Crippen molar-refractivity contribution in [2.45, 2.75) is 33.1 Å². The van der Waals surface area contributed by atoms with E-state index in [1.54, 1.807) is 0 Å². The van der Waals surface area contributed by atoms with Gasteiger partial charge < -0.3 is 24.1 Å². The summed E-state index contributed by atoms with van der Waals surface area (Å²) in [4.78, 5) is 35.0. The molecule has 8 nitrogen and oxygen atoms in total. The predicted octanol–water partition coefficient (Wildman–Crippen LogP) is 1.60. The molecule has 0 aromatic heterocycles. The molecule has 0 fully saturated rings. The highest BCUT2D eigenvalue weighted by Gasteiger charge is 2.35. The Labute approximate surface area is 195 Å². The number of aliphatic hydroxyl groups is 1. The standard InChI is InChI=1S/C19H34O8S3/c1-18(2,11-25-15(21)3-6-28)10-24-12-19(9-20,13-26-16(22)4-7-29)14-27-17(23)5-8-30/h20,28-30H,3-14H2,1-2H3. The van der Waals surface area contributed by atoms with Crippen molar-refractivity contribution >= 4 is 55.8 Å². The first-order chi connectivity index (χ1) is 14.1. The van der Waals surface area contributed by atoms with Gasteiger partial charge in [-0.3, -0.25) is 14.4 Å². The lowest BCUT2D eigenvalue weighted by Gasteiger charge is -2.32. The molecule has 0 spiro atoms. The molecule has 0 aliphatic carbocycles. The molecule has 11 heteroatoms. The molecule has 0 saturated carbocycles. The molecule has 0 radical (unpaired) electrons. The monoisotopic (exact) mass is 486 g/mol. The second-order valence-electron chi connectivity index (χ2n) is 7.72. The summed E-state index contributed by atoms with van der Waals surface area (Å²) in [6.07, 6.45) is 0.466. The minimum atomic E-state index is -1.11. The first-order valence-corrected chi connectivity index (χ1v) is 11.5. The van der Waals surface area contributed by atoms with Crippen molar-refractivity contribution in [3.05, 3.63) is 0 Å². The van der Waals surface area contributed by atoms with Crippen LogP contribution < -0.4 is 0 Å². The number of aliphatic hydroxyl groups excluding tert-OH is 1. The smallest absolute Gasteiger partial charge is 0.306 e. The van der Waals surface area contributed by atoms with Crippen LogP contribution in [-0.4, -0.2) is 79.9 Å². The van der Waals surface area contributed by atoms with Crippen LogP contribution >= 0.6 is 37.9 Å². The molecule has 0 bridgehead atoms. The maximum Gasteiger partial charge on any atom is 0.306 e. The quantitative estimate of drug-likeness (QED) is 0.140. The van der Waals surface area contributed by atoms with E-state index in [-0.39, 0.29) is 58.3 Å². The van der Waals surface area contributed by atoms with Crippen LogP contribution in [0.1, 0.15) is 33.1 Å². The third kappa shape index (κ3) is 13.6. The van der Waals surface area contributed by atoms with Gasteiger partial charge in [-0.1, -0.05) is 13.8 Å². The van der Waals surface area contributed by atoms with Crippen LogP contribution in [0.15, 0.2) is 0 Å². The Bertz CT molecular complexity index is 506. The maximum atomic E-state index is 11.7. The maximum absolute atomic E-state index is 11.7. The second kappa shape index (κ2) is 16.1. The Kier molecular flexibility index (Phi) is 15.7. The van der Waals surface area contributed by atoms with Crippen molar-refractivity contribution in [3.63, 3.8) is 0 Å². The van der Waals surface area contributed by atoms with E-state index in [1.165, 1.54) is 0 Å². The number of carbonyl (C=O) groups excluding carboxylic acids is 3. The number of esters is 3. The normalized spacial score (nSPS) is 11.8. The highest BCUT2D eigenvalue weighted by molar-refractivity contribution is 7.80. The molecule has 0 aromatic rings. The van der Waals surface area contributed by atoms with E-state index in [0.29, 0.717) is 17.3 Å². The van der Waals surface area contributed by atoms with Gasteiger partial charge in [-0.15, -0.1) is 0 Å². The number of hydrogen-bond acceptors (Lipinski definition) is 11. The fourth-order valence-electron chi connectivity index (χ4n) is 2.08. The Morgan fingerprint density at radius 2 is 1.10 bits per heavy atom. The zero-order chi connectivity index (χ0) is 23.0. The van der Waals surface area contributed by atoms with Gasteiger partial charge in [-0.25, -0.2) is 0 Å². The van der Waals surface area contributed by atoms with Gasteiger partial charge in [0.1, 0.15) is 13.2 Å². The van der Waals surface area contributed by atoms with Crippen LogP contribution in [0.4, 0.5) is 0 Å². The third-order valence-corrected chi connectivity index (χ3v) is 4.56. The van der Waals surface area contributed by atoms with Gasteiger partial charge in [-0.05, 0) is 0 Å². The molecule has 0 aliphatic rings. The summed E-state index contributed by atoms with van der Waals surface area (Å²) in [5.74, 6) is -0.208. The minimum absolute atomic E-state index is 0.0279. The van der Waals surface area contributed by atoms with E-state index < -0.39 is 29.4 Å². The van der Waals surface area contributed by atoms with Gasteiger partial charge in [0.15, 0.2) is 0 Å². The number of ether oxygens (including phenoxy) is 4. The van der Waals surface area contributed by atoms with E-state index >= 15 is 0 Å². The largest absolute Gasteiger partial charge is 0.465 e. The van der Waals surface area contributed by atoms with Gasteiger partial charge in [0, 0.05) is 22.7 Å². The molecule has 0 unspecified atom stereocenters. The summed E-state index contributed by atoms with van der Waals surface area (Å²) in [6, 6.07) is 0. The molecule has 0 heterocycles. The van der Waals surface area contributed by atoms with Crippen molar-refractivity contribution in [2.24, 2.45) is 10.8 Å². The molecule has 0 saturated heterocycles. The van der Waals surface area contributed by atoms with Crippen LogP contribution in [0, 0.1) is 10.8 Å². The fourth-order valence-corrected chi connectivity index (χ4v) is 2.63. The summed E-state index contributed by atoms with van der Waals surface area (Å²) >= 11 is 12.0. The van der Waals surface area contributed by atoms with Crippen LogP contribution in [0.2, 0.25) is 0 Å². The van der Waals surface area contributed by atoms with Crippen molar-refractivity contribution in [1.82, 2.24) is 0 Å². The molecule has 0 atom stereocenters. The summed E-state index contributed by atoms with van der Waals surface area (Å²) < 4.78 is 21.4. The third-order valence-electron chi connectivity index (χ3n) is 3.89. The van der Waals surface area contributed by atoms with E-state index in [1.807, 2.05) is 13.8 Å². The highest BCUT2D eigenvalue weighted by atomic mass is 32.1. The molecule has 176 valence electrons. The van der Waals surface area contributed by atoms with Crippen molar-refractivity contribution in [1.29, 1.82) is 0 Å². The first kappa shape index (κ1) is 29.4. The molecular formula is C19H34O8S3. The zero-order valence-electron chi connectivity index (χ0n) is 17.6. The van der Waals surface area contributed by atoms with E-state index in [4.69, 9.17) is 18.9 Å². The minimum Gasteiger partial charge on any atom is -0.465 e. The van der Waals surface area contributed by atoms with Crippen molar-refractivity contribution in [3.8, 4) is 0 Å². The van der Waals surface area contributed by atoms with E-state index in [9.17, 15) is 19.5 Å². The van der Waals surface area contributed by atoms with Gasteiger partial charge in [0.2, 0.25) is 0 Å². The molecule has 0 rings (SSSR count). The average molecular weight is 487 g/mol. The van der Waals surface area contributed by atoms with Crippen molar-refractivity contribution < 1.29 is 38.4 Å². The SMILES string of the molecule is CC(C)(COCC(CO)(COC(=O)CCS)COC(=O)CCS)COC(=O)CCS. The number of hydrogen-bond donors (Lipinski definition) is 4. The van der Waals surface area contributed by atoms with Crippen LogP contribution in [0.25, 0.3) is 0 Å². The van der Waals surface area contributed by atoms with Gasteiger partial charge in [0.05, 0.1) is 51.1 Å². The highest BCUT2D eigenvalue weighted by Crippen LogP contribution is 2.23. The first-order valence-electron chi connectivity index (χ1n) is 9.62. The Hall–Kier alpha value is -0.620. The molecular weight excluding hydrogens is 452 g/mol. The van der Waals surface area contributed by atoms with Gasteiger partial charge in [-0.2, -0.15) is 37.9 Å². The summed E-state index contributed by atoms with van der Waals surface area (Å²) in [7, 11) is 0. The topological polar surface area (TPSA) is 108 Å². The van der Waals surface area contributed by atoms with E-state index in [2.05, 4.69) is 37.9 Å². The molecule has 1 N–H and O–H groups in total. The fraction of sp³-hybridized carbons (Fsp3) is 0.842. The summed E-state index contributed by atoms with van der Waals surface area (Å²) in [6.45, 7) is 3.27. The molecule has 30 heavy (non-hydrogen) atoms. The summed E-state index contributed by atoms with van der Waals surface area (Å²) in [5.41, 5.74) is -1.60. The van der Waals surface area contributed by atoms with Crippen LogP contribution in [0.3, 0.4) is 0 Å². The van der Waals surface area contributed by atoms with Gasteiger partial charge >= 0.3 is 17.9 Å². The number of carbonyl (C=O) groups is 3. The molecule has 0 aromatic carbocycles. The van der Waals surface area contributed by atoms with Crippen molar-refractivity contribution in [2.75, 3.05) is 56.9 Å². The Balaban J connectivity index is 4.88. The van der Waals surface area contributed by atoms with Crippen LogP contribution in [0.5, 0.6) is 0 Å². The number of rotatable bonds is 17. The lowest BCUT2D eigenvalue weighted by Crippen LogP contribution is -2.43. The van der Waals surface area contributed by atoms with E-state index in [0.717, 1.165) is 0 Å². The lowest BCUT2D eigenvalue weighted by atomic mass is 9.91. The lowest BCUT2D eigenvalue weighted by molar-refractivity contribution is -0.161. The average Bonchev–Trinajstić information content (AvgIpc) is 2.69.